The molecule has 0 aromatic carbocycles. The number of hydrogen-bond donors (Lipinski definition) is 1. The van der Waals surface area contributed by atoms with E-state index in [9.17, 15) is 5.11 Å². The van der Waals surface area contributed by atoms with Gasteiger partial charge in [-0.05, 0) is 36.7 Å². The van der Waals surface area contributed by atoms with Crippen LogP contribution in [-0.2, 0) is 0 Å². The Balaban J connectivity index is 2.13. The summed E-state index contributed by atoms with van der Waals surface area (Å²) < 4.78 is 2.10. The minimum atomic E-state index is 0.262. The van der Waals surface area contributed by atoms with Crippen LogP contribution in [0.4, 0.5) is 0 Å². The molecule has 1 N–H and O–H groups in total. The summed E-state index contributed by atoms with van der Waals surface area (Å²) in [6.45, 7) is 4.65. The second kappa shape index (κ2) is 5.67. The van der Waals surface area contributed by atoms with E-state index in [-0.39, 0.29) is 6.61 Å². The van der Waals surface area contributed by atoms with Gasteiger partial charge in [0.05, 0.1) is 12.2 Å². The molecule has 1 atom stereocenters. The van der Waals surface area contributed by atoms with Crippen LogP contribution in [0.3, 0.4) is 0 Å². The lowest BCUT2D eigenvalue weighted by molar-refractivity contribution is 0.211. The molecule has 0 spiro atoms. The number of aromatic nitrogens is 2. The molecule has 1 fully saturated rings. The zero-order chi connectivity index (χ0) is 12.3. The van der Waals surface area contributed by atoms with E-state index in [2.05, 4.69) is 29.8 Å². The summed E-state index contributed by atoms with van der Waals surface area (Å²) in [4.78, 5) is 0. The van der Waals surface area contributed by atoms with Gasteiger partial charge >= 0.3 is 0 Å². The smallest absolute Gasteiger partial charge is 0.0569 e. The maximum Gasteiger partial charge on any atom is 0.0569 e. The van der Waals surface area contributed by atoms with E-state index in [1.807, 2.05) is 6.20 Å². The van der Waals surface area contributed by atoms with Crippen molar-refractivity contribution in [2.75, 3.05) is 6.61 Å². The first kappa shape index (κ1) is 12.6. The largest absolute Gasteiger partial charge is 0.396 e. The zero-order valence-electron chi connectivity index (χ0n) is 11.0. The van der Waals surface area contributed by atoms with Gasteiger partial charge in [0.2, 0.25) is 0 Å². The average molecular weight is 236 g/mol. The minimum absolute atomic E-state index is 0.262. The molecule has 0 unspecified atom stereocenters. The molecule has 1 aliphatic rings. The fourth-order valence-electron chi connectivity index (χ4n) is 2.89. The van der Waals surface area contributed by atoms with Crippen LogP contribution in [0.2, 0.25) is 0 Å². The van der Waals surface area contributed by atoms with Crippen molar-refractivity contribution in [3.63, 3.8) is 0 Å². The van der Waals surface area contributed by atoms with Crippen molar-refractivity contribution in [1.29, 1.82) is 0 Å². The summed E-state index contributed by atoms with van der Waals surface area (Å²) in [6.07, 6.45) is 10.2. The molecule has 0 saturated heterocycles. The lowest BCUT2D eigenvalue weighted by atomic mass is 9.95. The molecule has 17 heavy (non-hydrogen) atoms. The van der Waals surface area contributed by atoms with Gasteiger partial charge in [-0.1, -0.05) is 26.7 Å². The van der Waals surface area contributed by atoms with Gasteiger partial charge in [0.15, 0.2) is 0 Å². The Morgan fingerprint density at radius 1 is 1.41 bits per heavy atom. The molecule has 1 heterocycles. The van der Waals surface area contributed by atoms with E-state index in [0.29, 0.717) is 17.9 Å². The van der Waals surface area contributed by atoms with Crippen LogP contribution in [0, 0.1) is 5.92 Å². The quantitative estimate of drug-likeness (QED) is 0.853. The van der Waals surface area contributed by atoms with E-state index < -0.39 is 0 Å². The van der Waals surface area contributed by atoms with Crippen molar-refractivity contribution in [2.45, 2.75) is 57.9 Å². The second-order valence-electron chi connectivity index (χ2n) is 5.53. The Labute approximate surface area is 104 Å². The van der Waals surface area contributed by atoms with Crippen LogP contribution in [0.25, 0.3) is 0 Å². The molecule has 1 aromatic heterocycles. The van der Waals surface area contributed by atoms with Crippen molar-refractivity contribution in [3.8, 4) is 0 Å². The van der Waals surface area contributed by atoms with Crippen molar-refractivity contribution in [3.05, 3.63) is 18.0 Å². The molecule has 2 rings (SSSR count). The van der Waals surface area contributed by atoms with Gasteiger partial charge in [0.1, 0.15) is 0 Å². The molecule has 96 valence electrons. The highest BCUT2D eigenvalue weighted by molar-refractivity contribution is 5.09. The van der Waals surface area contributed by atoms with E-state index in [1.54, 1.807) is 0 Å². The summed E-state index contributed by atoms with van der Waals surface area (Å²) in [5.41, 5.74) is 1.30. The third kappa shape index (κ3) is 2.89. The predicted molar refractivity (Wildman–Crippen MR) is 69.0 cm³/mol. The lowest BCUT2D eigenvalue weighted by Gasteiger charge is -2.23. The van der Waals surface area contributed by atoms with Crippen LogP contribution in [0.5, 0.6) is 0 Å². The maximum atomic E-state index is 9.23. The number of aliphatic hydroxyl groups is 1. The number of nitrogens with zero attached hydrogens (tertiary/aromatic N) is 2. The predicted octanol–water partition coefficient (Wildman–Crippen LogP) is 3.12. The molecule has 3 heteroatoms. The summed E-state index contributed by atoms with van der Waals surface area (Å²) in [5, 5.41) is 13.7. The zero-order valence-corrected chi connectivity index (χ0v) is 11.0. The fraction of sp³-hybridized carbons (Fsp3) is 0.786. The molecular weight excluding hydrogens is 212 g/mol. The SMILES string of the molecule is CC(C)c1cnn([C@H](CCO)C2CCCC2)c1. The van der Waals surface area contributed by atoms with Crippen LogP contribution in [-0.4, -0.2) is 21.5 Å². The van der Waals surface area contributed by atoms with Gasteiger partial charge in [-0.2, -0.15) is 5.10 Å². The summed E-state index contributed by atoms with van der Waals surface area (Å²) in [6, 6.07) is 0.398. The van der Waals surface area contributed by atoms with Crippen molar-refractivity contribution < 1.29 is 5.11 Å². The first-order valence-electron chi connectivity index (χ1n) is 6.87. The Morgan fingerprint density at radius 3 is 2.65 bits per heavy atom. The first-order valence-corrected chi connectivity index (χ1v) is 6.87. The lowest BCUT2D eigenvalue weighted by Crippen LogP contribution is -2.19. The van der Waals surface area contributed by atoms with Crippen LogP contribution >= 0.6 is 0 Å². The highest BCUT2D eigenvalue weighted by Crippen LogP contribution is 2.36. The monoisotopic (exact) mass is 236 g/mol. The van der Waals surface area contributed by atoms with E-state index in [4.69, 9.17) is 0 Å². The molecular formula is C14H24N2O. The average Bonchev–Trinajstić information content (AvgIpc) is 2.97. The Morgan fingerprint density at radius 2 is 2.12 bits per heavy atom. The van der Waals surface area contributed by atoms with Crippen LogP contribution < -0.4 is 0 Å². The van der Waals surface area contributed by atoms with E-state index >= 15 is 0 Å². The standard InChI is InChI=1S/C14H24N2O/c1-11(2)13-9-15-16(10-13)14(7-8-17)12-5-3-4-6-12/h9-12,14,17H,3-8H2,1-2H3/t14-/m1/s1. The molecule has 3 nitrogen and oxygen atoms in total. The maximum absolute atomic E-state index is 9.23. The Bertz CT molecular complexity index is 340. The van der Waals surface area contributed by atoms with Gasteiger partial charge < -0.3 is 5.11 Å². The van der Waals surface area contributed by atoms with Crippen molar-refractivity contribution >= 4 is 0 Å². The Hall–Kier alpha value is -0.830. The highest BCUT2D eigenvalue weighted by Gasteiger charge is 2.26. The number of aliphatic hydroxyl groups excluding tert-OH is 1. The third-order valence-electron chi connectivity index (χ3n) is 4.00. The topological polar surface area (TPSA) is 38.0 Å². The molecule has 0 aliphatic heterocycles. The molecule has 0 radical (unpaired) electrons. The summed E-state index contributed by atoms with van der Waals surface area (Å²) in [7, 11) is 0. The van der Waals surface area contributed by atoms with Crippen molar-refractivity contribution in [1.82, 2.24) is 9.78 Å². The molecule has 1 aliphatic carbocycles. The molecule has 0 amide bonds. The van der Waals surface area contributed by atoms with Crippen molar-refractivity contribution in [2.24, 2.45) is 5.92 Å². The normalized spacial score (nSPS) is 19.1. The third-order valence-corrected chi connectivity index (χ3v) is 4.00. The molecule has 0 bridgehead atoms. The first-order chi connectivity index (χ1) is 8.22. The summed E-state index contributed by atoms with van der Waals surface area (Å²) >= 11 is 0. The molecule has 1 aromatic rings. The highest BCUT2D eigenvalue weighted by atomic mass is 16.3. The second-order valence-corrected chi connectivity index (χ2v) is 5.53. The minimum Gasteiger partial charge on any atom is -0.396 e. The van der Waals surface area contributed by atoms with Gasteiger partial charge in [-0.3, -0.25) is 4.68 Å². The van der Waals surface area contributed by atoms with Gasteiger partial charge in [-0.15, -0.1) is 0 Å². The van der Waals surface area contributed by atoms with E-state index in [0.717, 1.165) is 6.42 Å². The number of rotatable bonds is 5. The fourth-order valence-corrected chi connectivity index (χ4v) is 2.89. The van der Waals surface area contributed by atoms with Gasteiger partial charge in [-0.25, -0.2) is 0 Å². The Kier molecular flexibility index (Phi) is 4.21. The van der Waals surface area contributed by atoms with Gasteiger partial charge in [0, 0.05) is 12.8 Å². The molecule has 1 saturated carbocycles. The summed E-state index contributed by atoms with van der Waals surface area (Å²) in [5.74, 6) is 1.24. The van der Waals surface area contributed by atoms with Gasteiger partial charge in [0.25, 0.3) is 0 Å². The van der Waals surface area contributed by atoms with E-state index in [1.165, 1.54) is 31.2 Å². The number of hydrogen-bond acceptors (Lipinski definition) is 2. The van der Waals surface area contributed by atoms with Crippen LogP contribution in [0.15, 0.2) is 12.4 Å². The van der Waals surface area contributed by atoms with Crippen LogP contribution in [0.1, 0.15) is 63.5 Å².